The Labute approximate surface area is 90.8 Å². The van der Waals surface area contributed by atoms with Crippen molar-refractivity contribution >= 4 is 11.3 Å². The molecule has 2 atom stereocenters. The van der Waals surface area contributed by atoms with E-state index in [4.69, 9.17) is 0 Å². The highest BCUT2D eigenvalue weighted by Gasteiger charge is 2.12. The van der Waals surface area contributed by atoms with Crippen LogP contribution < -0.4 is 5.32 Å². The van der Waals surface area contributed by atoms with Crippen molar-refractivity contribution in [3.8, 4) is 0 Å². The SMILES string of the molecule is CCNCC(C)C(C)Cc1cncs1. The molecule has 3 heteroatoms. The molecule has 0 amide bonds. The van der Waals surface area contributed by atoms with Gasteiger partial charge in [0.05, 0.1) is 5.51 Å². The molecule has 14 heavy (non-hydrogen) atoms. The molecular formula is C11H20N2S. The summed E-state index contributed by atoms with van der Waals surface area (Å²) in [6.45, 7) is 8.98. The lowest BCUT2D eigenvalue weighted by Gasteiger charge is -2.19. The third-order valence-electron chi connectivity index (χ3n) is 2.69. The molecule has 0 bridgehead atoms. The van der Waals surface area contributed by atoms with Gasteiger partial charge >= 0.3 is 0 Å². The van der Waals surface area contributed by atoms with Crippen molar-refractivity contribution in [2.45, 2.75) is 27.2 Å². The highest BCUT2D eigenvalue weighted by Crippen LogP contribution is 2.18. The number of nitrogens with one attached hydrogen (secondary N) is 1. The highest BCUT2D eigenvalue weighted by molar-refractivity contribution is 7.09. The molecule has 0 aliphatic heterocycles. The molecule has 0 fully saturated rings. The summed E-state index contributed by atoms with van der Waals surface area (Å²) >= 11 is 1.76. The summed E-state index contributed by atoms with van der Waals surface area (Å²) in [4.78, 5) is 5.50. The van der Waals surface area contributed by atoms with Gasteiger partial charge in [0.15, 0.2) is 0 Å². The van der Waals surface area contributed by atoms with Gasteiger partial charge in [0.25, 0.3) is 0 Å². The standard InChI is InChI=1S/C11H20N2S/c1-4-12-6-10(3)9(2)5-11-7-13-8-14-11/h7-10,12H,4-6H2,1-3H3. The minimum absolute atomic E-state index is 0.731. The van der Waals surface area contributed by atoms with Gasteiger partial charge < -0.3 is 5.32 Å². The minimum atomic E-state index is 0.731. The van der Waals surface area contributed by atoms with Crippen LogP contribution in [0.5, 0.6) is 0 Å². The summed E-state index contributed by atoms with van der Waals surface area (Å²) < 4.78 is 0. The number of hydrogen-bond acceptors (Lipinski definition) is 3. The molecule has 0 spiro atoms. The zero-order chi connectivity index (χ0) is 10.4. The Morgan fingerprint density at radius 2 is 2.21 bits per heavy atom. The Morgan fingerprint density at radius 1 is 1.43 bits per heavy atom. The molecule has 0 aliphatic rings. The first-order valence-corrected chi connectivity index (χ1v) is 6.20. The molecule has 1 N–H and O–H groups in total. The predicted molar refractivity (Wildman–Crippen MR) is 62.7 cm³/mol. The number of hydrogen-bond donors (Lipinski definition) is 1. The molecule has 0 radical (unpaired) electrons. The topological polar surface area (TPSA) is 24.9 Å². The van der Waals surface area contributed by atoms with Gasteiger partial charge in [-0.1, -0.05) is 20.8 Å². The largest absolute Gasteiger partial charge is 0.317 e. The van der Waals surface area contributed by atoms with E-state index in [1.165, 1.54) is 4.88 Å². The molecule has 80 valence electrons. The fraction of sp³-hybridized carbons (Fsp3) is 0.727. The van der Waals surface area contributed by atoms with Crippen LogP contribution in [0.1, 0.15) is 25.6 Å². The monoisotopic (exact) mass is 212 g/mol. The van der Waals surface area contributed by atoms with E-state index in [-0.39, 0.29) is 0 Å². The molecule has 1 aromatic heterocycles. The lowest BCUT2D eigenvalue weighted by atomic mass is 9.92. The van der Waals surface area contributed by atoms with Crippen LogP contribution in [0, 0.1) is 11.8 Å². The fourth-order valence-corrected chi connectivity index (χ4v) is 2.17. The zero-order valence-corrected chi connectivity index (χ0v) is 10.1. The van der Waals surface area contributed by atoms with E-state index in [2.05, 4.69) is 31.1 Å². The third kappa shape index (κ3) is 3.76. The van der Waals surface area contributed by atoms with Crippen molar-refractivity contribution in [1.29, 1.82) is 0 Å². The quantitative estimate of drug-likeness (QED) is 0.784. The van der Waals surface area contributed by atoms with Crippen molar-refractivity contribution in [1.82, 2.24) is 10.3 Å². The van der Waals surface area contributed by atoms with E-state index in [0.717, 1.165) is 31.3 Å². The first kappa shape index (κ1) is 11.7. The number of nitrogens with zero attached hydrogens (tertiary/aromatic N) is 1. The molecule has 0 saturated carbocycles. The first-order valence-electron chi connectivity index (χ1n) is 5.32. The summed E-state index contributed by atoms with van der Waals surface area (Å²) in [6.07, 6.45) is 3.15. The number of thiazole rings is 1. The van der Waals surface area contributed by atoms with Gasteiger partial charge in [-0.25, -0.2) is 0 Å². The molecule has 1 heterocycles. The molecule has 0 aromatic carbocycles. The van der Waals surface area contributed by atoms with E-state index in [1.807, 2.05) is 11.7 Å². The third-order valence-corrected chi connectivity index (χ3v) is 3.50. The van der Waals surface area contributed by atoms with Crippen molar-refractivity contribution in [3.05, 3.63) is 16.6 Å². The average molecular weight is 212 g/mol. The van der Waals surface area contributed by atoms with Crippen molar-refractivity contribution in [2.24, 2.45) is 11.8 Å². The normalized spacial score (nSPS) is 15.4. The molecule has 0 aliphatic carbocycles. The van der Waals surface area contributed by atoms with E-state index in [0.29, 0.717) is 0 Å². The van der Waals surface area contributed by atoms with Crippen molar-refractivity contribution < 1.29 is 0 Å². The molecule has 2 unspecified atom stereocenters. The molecular weight excluding hydrogens is 192 g/mol. The summed E-state index contributed by atoms with van der Waals surface area (Å²) in [5.41, 5.74) is 1.91. The maximum absolute atomic E-state index is 4.10. The molecule has 1 aromatic rings. The van der Waals surface area contributed by atoms with Crippen LogP contribution in [-0.2, 0) is 6.42 Å². The summed E-state index contributed by atoms with van der Waals surface area (Å²) in [5.74, 6) is 1.46. The van der Waals surface area contributed by atoms with Crippen LogP contribution >= 0.6 is 11.3 Å². The van der Waals surface area contributed by atoms with Crippen LogP contribution in [0.25, 0.3) is 0 Å². The molecule has 2 nitrogen and oxygen atoms in total. The number of rotatable bonds is 6. The predicted octanol–water partition coefficient (Wildman–Crippen LogP) is 2.57. The smallest absolute Gasteiger partial charge is 0.0794 e. The second-order valence-corrected chi connectivity index (χ2v) is 4.91. The van der Waals surface area contributed by atoms with Crippen LogP contribution in [0.2, 0.25) is 0 Å². The van der Waals surface area contributed by atoms with E-state index in [1.54, 1.807) is 11.3 Å². The van der Waals surface area contributed by atoms with Gasteiger partial charge in [-0.15, -0.1) is 11.3 Å². The van der Waals surface area contributed by atoms with E-state index < -0.39 is 0 Å². The van der Waals surface area contributed by atoms with Crippen molar-refractivity contribution in [2.75, 3.05) is 13.1 Å². The Balaban J connectivity index is 2.30. The fourth-order valence-electron chi connectivity index (χ4n) is 1.43. The van der Waals surface area contributed by atoms with Gasteiger partial charge in [-0.2, -0.15) is 0 Å². The summed E-state index contributed by atoms with van der Waals surface area (Å²) in [7, 11) is 0. The van der Waals surface area contributed by atoms with Crippen LogP contribution in [0.4, 0.5) is 0 Å². The Morgan fingerprint density at radius 3 is 2.79 bits per heavy atom. The highest BCUT2D eigenvalue weighted by atomic mass is 32.1. The Bertz CT molecular complexity index is 233. The summed E-state index contributed by atoms with van der Waals surface area (Å²) in [5, 5.41) is 3.40. The van der Waals surface area contributed by atoms with Gasteiger partial charge in [0.2, 0.25) is 0 Å². The Kier molecular flexibility index (Phi) is 5.12. The second-order valence-electron chi connectivity index (χ2n) is 3.93. The number of aromatic nitrogens is 1. The average Bonchev–Trinajstić information content (AvgIpc) is 2.66. The maximum Gasteiger partial charge on any atom is 0.0794 e. The zero-order valence-electron chi connectivity index (χ0n) is 9.29. The van der Waals surface area contributed by atoms with Gasteiger partial charge in [0.1, 0.15) is 0 Å². The van der Waals surface area contributed by atoms with Gasteiger partial charge in [-0.3, -0.25) is 4.98 Å². The van der Waals surface area contributed by atoms with Crippen LogP contribution in [0.15, 0.2) is 11.7 Å². The van der Waals surface area contributed by atoms with Crippen LogP contribution in [0.3, 0.4) is 0 Å². The Hall–Kier alpha value is -0.410. The van der Waals surface area contributed by atoms with Gasteiger partial charge in [-0.05, 0) is 31.3 Å². The van der Waals surface area contributed by atoms with Crippen molar-refractivity contribution in [3.63, 3.8) is 0 Å². The lowest BCUT2D eigenvalue weighted by molar-refractivity contribution is 0.370. The maximum atomic E-state index is 4.10. The first-order chi connectivity index (χ1) is 6.74. The van der Waals surface area contributed by atoms with Gasteiger partial charge in [0, 0.05) is 11.1 Å². The second kappa shape index (κ2) is 6.14. The lowest BCUT2D eigenvalue weighted by Crippen LogP contribution is -2.25. The molecule has 1 rings (SSSR count). The summed E-state index contributed by atoms with van der Waals surface area (Å²) in [6, 6.07) is 0. The van der Waals surface area contributed by atoms with Crippen LogP contribution in [-0.4, -0.2) is 18.1 Å². The van der Waals surface area contributed by atoms with E-state index in [9.17, 15) is 0 Å². The van der Waals surface area contributed by atoms with E-state index >= 15 is 0 Å². The minimum Gasteiger partial charge on any atom is -0.317 e. The molecule has 0 saturated heterocycles.